The lowest BCUT2D eigenvalue weighted by Gasteiger charge is -2.32. The largest absolute Gasteiger partial charge is 0.507 e. The Bertz CT molecular complexity index is 1440. The molecule has 4 aromatic rings. The Hall–Kier alpha value is -3.88. The van der Waals surface area contributed by atoms with E-state index in [9.17, 15) is 9.90 Å². The molecular formula is C30H33N5O3. The summed E-state index contributed by atoms with van der Waals surface area (Å²) in [7, 11) is 2.16. The molecular weight excluding hydrogens is 478 g/mol. The molecule has 0 aliphatic carbocycles. The minimum atomic E-state index is -0.190. The van der Waals surface area contributed by atoms with Crippen LogP contribution in [0.25, 0.3) is 10.9 Å². The van der Waals surface area contributed by atoms with Gasteiger partial charge >= 0.3 is 0 Å². The fourth-order valence-corrected chi connectivity index (χ4v) is 5.34. The van der Waals surface area contributed by atoms with Crippen molar-refractivity contribution in [3.63, 3.8) is 0 Å². The van der Waals surface area contributed by atoms with Gasteiger partial charge in [0, 0.05) is 63.7 Å². The van der Waals surface area contributed by atoms with Crippen molar-refractivity contribution < 1.29 is 14.6 Å². The van der Waals surface area contributed by atoms with Crippen LogP contribution >= 0.6 is 0 Å². The zero-order valence-corrected chi connectivity index (χ0v) is 21.7. The highest BCUT2D eigenvalue weighted by molar-refractivity contribution is 6.01. The number of nitrogens with zero attached hydrogens (tertiary/aromatic N) is 4. The number of piperazine rings is 1. The van der Waals surface area contributed by atoms with Crippen LogP contribution in [0.3, 0.4) is 0 Å². The number of ether oxygens (including phenoxy) is 1. The third kappa shape index (κ3) is 5.10. The summed E-state index contributed by atoms with van der Waals surface area (Å²) in [6.45, 7) is 6.91. The third-order valence-electron chi connectivity index (χ3n) is 7.66. The number of carbonyl (C=O) groups excluding carboxylic acids is 1. The molecule has 1 saturated heterocycles. The van der Waals surface area contributed by atoms with Crippen LogP contribution in [0.4, 0.5) is 0 Å². The van der Waals surface area contributed by atoms with E-state index in [-0.39, 0.29) is 11.7 Å². The molecule has 196 valence electrons. The lowest BCUT2D eigenvalue weighted by Crippen LogP contribution is -2.45. The Morgan fingerprint density at radius 1 is 1.00 bits per heavy atom. The van der Waals surface area contributed by atoms with Crippen molar-refractivity contribution >= 4 is 16.8 Å². The van der Waals surface area contributed by atoms with E-state index < -0.39 is 0 Å². The summed E-state index contributed by atoms with van der Waals surface area (Å²) in [6, 6.07) is 19.5. The lowest BCUT2D eigenvalue weighted by atomic mass is 10.0. The minimum absolute atomic E-state index is 0.0405. The first kappa shape index (κ1) is 24.5. The van der Waals surface area contributed by atoms with E-state index in [1.54, 1.807) is 17.0 Å². The number of fused-ring (bicyclic) bond motifs is 2. The molecule has 2 N–H and O–H groups in total. The summed E-state index contributed by atoms with van der Waals surface area (Å²) < 4.78 is 6.05. The molecule has 0 atom stereocenters. The number of amides is 1. The first-order chi connectivity index (χ1) is 18.5. The molecule has 8 nitrogen and oxygen atoms in total. The predicted molar refractivity (Wildman–Crippen MR) is 146 cm³/mol. The number of rotatable bonds is 7. The van der Waals surface area contributed by atoms with Gasteiger partial charge in [-0.05, 0) is 41.9 Å². The monoisotopic (exact) mass is 511 g/mol. The number of nitrogens with one attached hydrogen (secondary N) is 1. The molecule has 1 aromatic heterocycles. The number of aromatic amines is 1. The van der Waals surface area contributed by atoms with Gasteiger partial charge in [0.15, 0.2) is 0 Å². The molecule has 0 bridgehead atoms. The van der Waals surface area contributed by atoms with E-state index >= 15 is 0 Å². The van der Waals surface area contributed by atoms with Gasteiger partial charge in [-0.3, -0.25) is 14.8 Å². The Labute approximate surface area is 222 Å². The molecule has 1 amide bonds. The molecule has 38 heavy (non-hydrogen) atoms. The number of benzene rings is 3. The highest BCUT2D eigenvalue weighted by Gasteiger charge is 2.27. The van der Waals surface area contributed by atoms with Gasteiger partial charge < -0.3 is 19.6 Å². The van der Waals surface area contributed by atoms with Crippen molar-refractivity contribution in [3.8, 4) is 11.5 Å². The van der Waals surface area contributed by atoms with Crippen LogP contribution in [0.15, 0.2) is 60.7 Å². The summed E-state index contributed by atoms with van der Waals surface area (Å²) in [4.78, 5) is 20.1. The van der Waals surface area contributed by atoms with Gasteiger partial charge in [-0.25, -0.2) is 0 Å². The number of hydrogen-bond donors (Lipinski definition) is 2. The Kier molecular flexibility index (Phi) is 6.74. The summed E-state index contributed by atoms with van der Waals surface area (Å²) in [5, 5.41) is 19.0. The van der Waals surface area contributed by atoms with E-state index in [1.165, 1.54) is 0 Å². The molecule has 1 fully saturated rings. The van der Waals surface area contributed by atoms with E-state index in [0.29, 0.717) is 37.2 Å². The summed E-state index contributed by atoms with van der Waals surface area (Å²) in [5.74, 6) is 0.603. The van der Waals surface area contributed by atoms with Crippen LogP contribution in [0.5, 0.6) is 11.5 Å². The zero-order valence-electron chi connectivity index (χ0n) is 21.7. The maximum atomic E-state index is 13.5. The molecule has 6 rings (SSSR count). The molecule has 8 heteroatoms. The second-order valence-corrected chi connectivity index (χ2v) is 10.3. The fourth-order valence-electron chi connectivity index (χ4n) is 5.34. The lowest BCUT2D eigenvalue weighted by molar-refractivity contribution is 0.0748. The van der Waals surface area contributed by atoms with Crippen LogP contribution in [0.1, 0.15) is 32.7 Å². The first-order valence-corrected chi connectivity index (χ1v) is 13.2. The zero-order chi connectivity index (χ0) is 26.1. The molecule has 2 aliphatic rings. The van der Waals surface area contributed by atoms with E-state index in [4.69, 9.17) is 4.74 Å². The van der Waals surface area contributed by atoms with Gasteiger partial charge in [-0.2, -0.15) is 5.10 Å². The minimum Gasteiger partial charge on any atom is -0.507 e. The molecule has 0 saturated carbocycles. The molecule has 0 spiro atoms. The first-order valence-electron chi connectivity index (χ1n) is 13.2. The number of likely N-dealkylation sites (N-methyl/N-ethyl adjacent to an activating group) is 1. The second kappa shape index (κ2) is 10.5. The fraction of sp³-hybridized carbons (Fsp3) is 0.333. The average molecular weight is 512 g/mol. The number of hydrogen-bond acceptors (Lipinski definition) is 6. The molecule has 0 unspecified atom stereocenters. The number of phenolic OH excluding ortho intramolecular Hbond substituents is 1. The number of H-pyrrole nitrogens is 1. The molecule has 3 heterocycles. The van der Waals surface area contributed by atoms with Crippen molar-refractivity contribution in [2.24, 2.45) is 0 Å². The SMILES string of the molecule is CN1CCN(CCOc2ccc3c(c2)CN(C(=O)c2cc4c(Cc5ccccc5)n[nH]c4cc2O)C3)CC1. The van der Waals surface area contributed by atoms with Crippen LogP contribution < -0.4 is 4.74 Å². The maximum Gasteiger partial charge on any atom is 0.258 e. The highest BCUT2D eigenvalue weighted by Crippen LogP contribution is 2.32. The molecule has 3 aromatic carbocycles. The van der Waals surface area contributed by atoms with E-state index in [2.05, 4.69) is 39.2 Å². The summed E-state index contributed by atoms with van der Waals surface area (Å²) >= 11 is 0. The van der Waals surface area contributed by atoms with Gasteiger partial charge in [0.05, 0.1) is 16.8 Å². The van der Waals surface area contributed by atoms with Gasteiger partial charge in [-0.1, -0.05) is 36.4 Å². The maximum absolute atomic E-state index is 13.5. The van der Waals surface area contributed by atoms with Gasteiger partial charge in [0.2, 0.25) is 0 Å². The van der Waals surface area contributed by atoms with Crippen molar-refractivity contribution in [2.45, 2.75) is 19.5 Å². The normalized spacial score (nSPS) is 16.2. The third-order valence-corrected chi connectivity index (χ3v) is 7.66. The van der Waals surface area contributed by atoms with Crippen LogP contribution in [-0.4, -0.2) is 82.3 Å². The van der Waals surface area contributed by atoms with Crippen LogP contribution in [0, 0.1) is 0 Å². The van der Waals surface area contributed by atoms with Crippen molar-refractivity contribution in [1.82, 2.24) is 24.9 Å². The van der Waals surface area contributed by atoms with Gasteiger partial charge in [-0.15, -0.1) is 0 Å². The summed E-state index contributed by atoms with van der Waals surface area (Å²) in [5.41, 5.74) is 5.20. The number of phenols is 1. The van der Waals surface area contributed by atoms with Crippen molar-refractivity contribution in [3.05, 3.63) is 88.6 Å². The predicted octanol–water partition coefficient (Wildman–Crippen LogP) is 3.64. The van der Waals surface area contributed by atoms with Crippen LogP contribution in [-0.2, 0) is 19.5 Å². The Morgan fingerprint density at radius 2 is 1.79 bits per heavy atom. The van der Waals surface area contributed by atoms with Crippen molar-refractivity contribution in [1.29, 1.82) is 0 Å². The van der Waals surface area contributed by atoms with Gasteiger partial charge in [0.25, 0.3) is 5.91 Å². The standard InChI is InChI=1S/C30H33N5O3/c1-33-9-11-34(12-10-33)13-14-38-24-8-7-22-19-35(20-23(22)16-24)30(37)26-17-25-27(15-21-5-3-2-4-6-21)31-32-28(25)18-29(26)36/h2-8,16-18,36H,9-15,19-20H2,1H3,(H,31,32). The van der Waals surface area contributed by atoms with Crippen molar-refractivity contribution in [2.75, 3.05) is 46.4 Å². The van der Waals surface area contributed by atoms with Crippen LogP contribution in [0.2, 0.25) is 0 Å². The van der Waals surface area contributed by atoms with E-state index in [0.717, 1.165) is 66.2 Å². The number of carbonyl (C=O) groups is 1. The second-order valence-electron chi connectivity index (χ2n) is 10.3. The summed E-state index contributed by atoms with van der Waals surface area (Å²) in [6.07, 6.45) is 0.645. The highest BCUT2D eigenvalue weighted by atomic mass is 16.5. The van der Waals surface area contributed by atoms with Gasteiger partial charge in [0.1, 0.15) is 18.1 Å². The average Bonchev–Trinajstić information content (AvgIpc) is 3.53. The number of aromatic nitrogens is 2. The Balaban J connectivity index is 1.13. The smallest absolute Gasteiger partial charge is 0.258 e. The molecule has 2 aliphatic heterocycles. The van der Waals surface area contributed by atoms with E-state index in [1.807, 2.05) is 36.4 Å². The number of aromatic hydroxyl groups is 1. The Morgan fingerprint density at radius 3 is 2.61 bits per heavy atom. The quantitative estimate of drug-likeness (QED) is 0.394. The molecule has 0 radical (unpaired) electrons. The topological polar surface area (TPSA) is 84.9 Å².